The third kappa shape index (κ3) is 18.8. The maximum Gasteiger partial charge on any atom is 0.320 e. The van der Waals surface area contributed by atoms with Crippen molar-refractivity contribution in [1.82, 2.24) is 30.0 Å². The summed E-state index contributed by atoms with van der Waals surface area (Å²) in [4.78, 5) is 74.9. The first kappa shape index (κ1) is 42.3. The number of hydrogen-bond acceptors (Lipinski definition) is 14. The van der Waals surface area contributed by atoms with Gasteiger partial charge in [0.15, 0.2) is 0 Å². The Kier molecular flexibility index (Phi) is 16.0. The minimum Gasteiger partial charge on any atom is -0.459 e. The van der Waals surface area contributed by atoms with Crippen molar-refractivity contribution in [3.8, 4) is 0 Å². The highest BCUT2D eigenvalue weighted by atomic mass is 16.6. The number of hydrazine groups is 1. The molecule has 0 aromatic carbocycles. The molecule has 4 N–H and O–H groups in total. The van der Waals surface area contributed by atoms with E-state index in [1.54, 1.807) is 0 Å². The summed E-state index contributed by atoms with van der Waals surface area (Å²) in [6.07, 6.45) is 1.31. The lowest BCUT2D eigenvalue weighted by atomic mass is 10.2. The highest BCUT2D eigenvalue weighted by Gasteiger charge is 2.26. The molecule has 2 heterocycles. The van der Waals surface area contributed by atoms with Gasteiger partial charge in [-0.15, -0.1) is 0 Å². The molecule has 0 spiro atoms. The van der Waals surface area contributed by atoms with Crippen molar-refractivity contribution < 1.29 is 38.2 Å². The van der Waals surface area contributed by atoms with Crippen molar-refractivity contribution in [2.75, 3.05) is 84.0 Å². The van der Waals surface area contributed by atoms with Crippen LogP contribution in [0.25, 0.3) is 0 Å². The monoisotopic (exact) mass is 706 g/mol. The van der Waals surface area contributed by atoms with E-state index >= 15 is 0 Å². The Hall–Kier alpha value is -3.86. The second kappa shape index (κ2) is 18.9. The molecule has 1 saturated heterocycles. The van der Waals surface area contributed by atoms with Crippen LogP contribution in [0.15, 0.2) is 18.3 Å². The van der Waals surface area contributed by atoms with Gasteiger partial charge in [0.1, 0.15) is 22.6 Å². The molecular formula is C34H58N8O8. The molecule has 50 heavy (non-hydrogen) atoms. The number of aromatic nitrogens is 1. The number of hydrogen-bond donors (Lipinski definition) is 3. The molecule has 16 heteroatoms. The minimum absolute atomic E-state index is 0.00229. The molecule has 1 aliphatic rings. The number of nitrogens with zero attached hydrogens (tertiary/aromatic N) is 5. The predicted octanol–water partition coefficient (Wildman–Crippen LogP) is 0.870. The lowest BCUT2D eigenvalue weighted by Gasteiger charge is -2.34. The zero-order valence-electron chi connectivity index (χ0n) is 31.3. The summed E-state index contributed by atoms with van der Waals surface area (Å²) in [5.41, 5.74) is 8.91. The predicted molar refractivity (Wildman–Crippen MR) is 188 cm³/mol. The zero-order chi connectivity index (χ0) is 37.7. The fourth-order valence-electron chi connectivity index (χ4n) is 4.87. The Balaban J connectivity index is 2.26. The number of pyridine rings is 1. The molecule has 2 amide bonds. The van der Waals surface area contributed by atoms with E-state index in [9.17, 15) is 24.0 Å². The molecule has 0 unspecified atom stereocenters. The highest BCUT2D eigenvalue weighted by molar-refractivity contribution is 5.92. The molecule has 2 rings (SSSR count). The standard InChI is InChI=1S/C34H58N8O8/c1-32(2,3)48-28(44)22-40-14-12-39(21-27(43)38-37-26-11-10-25(20-36-26)31(35)47)13-15-41(23-29(45)49-33(4,5)6)17-19-42(18-16-40)24-30(46)50-34(7,8)9/h10-11,20H,12-19,21-24H2,1-9H3,(H2,35,47)(H,36,37)(H,38,43). The summed E-state index contributed by atoms with van der Waals surface area (Å²) >= 11 is 0. The fraction of sp³-hybridized carbons (Fsp3) is 0.706. The van der Waals surface area contributed by atoms with Crippen LogP contribution in [0.2, 0.25) is 0 Å². The smallest absolute Gasteiger partial charge is 0.320 e. The van der Waals surface area contributed by atoms with Gasteiger partial charge in [0, 0.05) is 58.6 Å². The van der Waals surface area contributed by atoms with Gasteiger partial charge in [-0.05, 0) is 74.4 Å². The van der Waals surface area contributed by atoms with Crippen LogP contribution in [0.1, 0.15) is 72.7 Å². The minimum atomic E-state index is -0.657. The van der Waals surface area contributed by atoms with Gasteiger partial charge in [-0.3, -0.25) is 54.4 Å². The third-order valence-corrected chi connectivity index (χ3v) is 6.99. The first-order valence-electron chi connectivity index (χ1n) is 16.9. The van der Waals surface area contributed by atoms with Crippen molar-refractivity contribution in [1.29, 1.82) is 0 Å². The number of ether oxygens (including phenoxy) is 3. The molecule has 0 saturated carbocycles. The van der Waals surface area contributed by atoms with Gasteiger partial charge < -0.3 is 19.9 Å². The van der Waals surface area contributed by atoms with Crippen molar-refractivity contribution in [3.63, 3.8) is 0 Å². The number of primary amides is 1. The number of esters is 3. The zero-order valence-corrected chi connectivity index (χ0v) is 31.3. The number of anilines is 1. The van der Waals surface area contributed by atoms with Gasteiger partial charge in [-0.1, -0.05) is 0 Å². The number of nitrogens with one attached hydrogen (secondary N) is 2. The molecule has 1 aromatic heterocycles. The van der Waals surface area contributed by atoms with Crippen LogP contribution >= 0.6 is 0 Å². The van der Waals surface area contributed by atoms with Crippen molar-refractivity contribution >= 4 is 35.5 Å². The van der Waals surface area contributed by atoms with E-state index < -0.39 is 22.7 Å². The van der Waals surface area contributed by atoms with Crippen LogP contribution in [-0.4, -0.2) is 150 Å². The molecule has 0 atom stereocenters. The Labute approximate surface area is 296 Å². The number of amides is 2. The molecule has 1 aromatic rings. The summed E-state index contributed by atoms with van der Waals surface area (Å²) < 4.78 is 16.8. The first-order valence-corrected chi connectivity index (χ1v) is 16.9. The lowest BCUT2D eigenvalue weighted by Crippen LogP contribution is -2.50. The molecule has 0 bridgehead atoms. The second-order valence-electron chi connectivity index (χ2n) is 15.3. The maximum absolute atomic E-state index is 13.1. The van der Waals surface area contributed by atoms with Gasteiger partial charge in [0.2, 0.25) is 5.91 Å². The van der Waals surface area contributed by atoms with Crippen LogP contribution in [0.3, 0.4) is 0 Å². The third-order valence-electron chi connectivity index (χ3n) is 6.99. The molecule has 282 valence electrons. The topological polar surface area (TPSA) is 189 Å². The van der Waals surface area contributed by atoms with Crippen LogP contribution in [0.4, 0.5) is 5.82 Å². The fourth-order valence-corrected chi connectivity index (χ4v) is 4.87. The Morgan fingerprint density at radius 3 is 1.24 bits per heavy atom. The highest BCUT2D eigenvalue weighted by Crippen LogP contribution is 2.11. The second-order valence-corrected chi connectivity index (χ2v) is 15.3. The number of carbonyl (C=O) groups is 5. The maximum atomic E-state index is 13.1. The van der Waals surface area contributed by atoms with Gasteiger partial charge in [0.05, 0.1) is 31.7 Å². The molecule has 16 nitrogen and oxygen atoms in total. The van der Waals surface area contributed by atoms with E-state index in [1.807, 2.05) is 81.9 Å². The molecule has 0 aliphatic carbocycles. The van der Waals surface area contributed by atoms with Crippen molar-refractivity contribution in [2.45, 2.75) is 79.1 Å². The van der Waals surface area contributed by atoms with Gasteiger partial charge >= 0.3 is 17.9 Å². The van der Waals surface area contributed by atoms with Crippen LogP contribution in [0, 0.1) is 0 Å². The van der Waals surface area contributed by atoms with E-state index in [1.165, 1.54) is 18.3 Å². The quantitative estimate of drug-likeness (QED) is 0.167. The van der Waals surface area contributed by atoms with E-state index in [-0.39, 0.29) is 55.6 Å². The largest absolute Gasteiger partial charge is 0.459 e. The first-order chi connectivity index (χ1) is 23.1. The average molecular weight is 707 g/mol. The molecule has 0 radical (unpaired) electrons. The number of carbonyl (C=O) groups excluding carboxylic acids is 5. The van der Waals surface area contributed by atoms with Gasteiger partial charge in [-0.25, -0.2) is 4.98 Å². The number of rotatable bonds is 11. The van der Waals surface area contributed by atoms with Gasteiger partial charge in [-0.2, -0.15) is 0 Å². The molecule has 1 fully saturated rings. The average Bonchev–Trinajstić information content (AvgIpc) is 2.94. The lowest BCUT2D eigenvalue weighted by molar-refractivity contribution is -0.158. The van der Waals surface area contributed by atoms with Crippen LogP contribution in [0.5, 0.6) is 0 Å². The Morgan fingerprint density at radius 1 is 0.620 bits per heavy atom. The Morgan fingerprint density at radius 2 is 0.960 bits per heavy atom. The summed E-state index contributed by atoms with van der Waals surface area (Å²) in [5, 5.41) is 0. The summed E-state index contributed by atoms with van der Waals surface area (Å²) in [5.74, 6) is -1.77. The molecular weight excluding hydrogens is 648 g/mol. The van der Waals surface area contributed by atoms with Crippen LogP contribution < -0.4 is 16.6 Å². The Bertz CT molecular complexity index is 1240. The molecule has 1 aliphatic heterocycles. The SMILES string of the molecule is CC(C)(C)OC(=O)CN1CCN(CC(=O)NNc2ccc(C(N)=O)cn2)CCN(CC(=O)OC(C)(C)C)CCN(CC(=O)OC(C)(C)C)CC1. The van der Waals surface area contributed by atoms with Crippen molar-refractivity contribution in [2.24, 2.45) is 5.73 Å². The number of nitrogens with two attached hydrogens (primary N) is 1. The van der Waals surface area contributed by atoms with Crippen LogP contribution in [-0.2, 0) is 33.4 Å². The van der Waals surface area contributed by atoms with E-state index in [4.69, 9.17) is 19.9 Å². The van der Waals surface area contributed by atoms with Gasteiger partial charge in [0.25, 0.3) is 5.91 Å². The normalized spacial score (nSPS) is 16.7. The summed E-state index contributed by atoms with van der Waals surface area (Å²) in [6.45, 7) is 19.8. The van der Waals surface area contributed by atoms with E-state index in [0.29, 0.717) is 58.2 Å². The van der Waals surface area contributed by atoms with Crippen molar-refractivity contribution in [3.05, 3.63) is 23.9 Å². The summed E-state index contributed by atoms with van der Waals surface area (Å²) in [6, 6.07) is 3.01. The summed E-state index contributed by atoms with van der Waals surface area (Å²) in [7, 11) is 0. The van der Waals surface area contributed by atoms with E-state index in [0.717, 1.165) is 0 Å². The van der Waals surface area contributed by atoms with E-state index in [2.05, 4.69) is 15.8 Å².